The van der Waals surface area contributed by atoms with Crippen molar-refractivity contribution in [2.24, 2.45) is 0 Å². The van der Waals surface area contributed by atoms with Crippen LogP contribution in [0.25, 0.3) is 0 Å². The molecule has 0 saturated heterocycles. The van der Waals surface area contributed by atoms with Crippen LogP contribution < -0.4 is 4.74 Å². The van der Waals surface area contributed by atoms with Crippen molar-refractivity contribution in [2.75, 3.05) is 12.5 Å². The van der Waals surface area contributed by atoms with Crippen LogP contribution in [-0.4, -0.2) is 23.6 Å². The van der Waals surface area contributed by atoms with E-state index < -0.39 is 5.97 Å². The molecule has 0 atom stereocenters. The highest BCUT2D eigenvalue weighted by Gasteiger charge is 1.98. The molecule has 0 aliphatic heterocycles. The second kappa shape index (κ2) is 5.50. The molecule has 0 bridgehead atoms. The summed E-state index contributed by atoms with van der Waals surface area (Å²) in [6.07, 6.45) is 0.806. The van der Waals surface area contributed by atoms with Crippen LogP contribution in [0.1, 0.15) is 5.56 Å². The average molecular weight is 215 g/mol. The summed E-state index contributed by atoms with van der Waals surface area (Å²) in [5, 5.41) is 8.37. The lowest BCUT2D eigenvalue weighted by molar-refractivity contribution is -0.139. The van der Waals surface area contributed by atoms with Gasteiger partial charge in [0, 0.05) is 5.88 Å². The third-order valence-electron chi connectivity index (χ3n) is 1.67. The van der Waals surface area contributed by atoms with Crippen molar-refractivity contribution in [1.82, 2.24) is 0 Å². The zero-order valence-electron chi connectivity index (χ0n) is 7.57. The van der Waals surface area contributed by atoms with E-state index in [4.69, 9.17) is 21.4 Å². The highest BCUT2D eigenvalue weighted by atomic mass is 35.5. The largest absolute Gasteiger partial charge is 0.482 e. The maximum Gasteiger partial charge on any atom is 0.341 e. The van der Waals surface area contributed by atoms with Crippen LogP contribution in [0.3, 0.4) is 0 Å². The van der Waals surface area contributed by atoms with E-state index >= 15 is 0 Å². The number of halogens is 1. The van der Waals surface area contributed by atoms with Crippen molar-refractivity contribution in [2.45, 2.75) is 6.42 Å². The minimum atomic E-state index is -0.977. The standard InChI is InChI=1S/C10H11ClO3/c11-6-5-8-1-3-9(4-2-8)14-7-10(12)13/h1-4H,5-7H2,(H,12,13). The van der Waals surface area contributed by atoms with E-state index in [1.807, 2.05) is 12.1 Å². The zero-order chi connectivity index (χ0) is 10.4. The normalized spacial score (nSPS) is 9.79. The third-order valence-corrected chi connectivity index (χ3v) is 1.86. The molecule has 1 rings (SSSR count). The fourth-order valence-electron chi connectivity index (χ4n) is 1.01. The fraction of sp³-hybridized carbons (Fsp3) is 0.300. The van der Waals surface area contributed by atoms with Gasteiger partial charge in [-0.2, -0.15) is 0 Å². The number of rotatable bonds is 5. The van der Waals surface area contributed by atoms with Crippen molar-refractivity contribution < 1.29 is 14.6 Å². The molecule has 1 N–H and O–H groups in total. The van der Waals surface area contributed by atoms with Gasteiger partial charge in [-0.1, -0.05) is 12.1 Å². The van der Waals surface area contributed by atoms with Crippen molar-refractivity contribution in [3.63, 3.8) is 0 Å². The Kier molecular flexibility index (Phi) is 4.26. The van der Waals surface area contributed by atoms with E-state index in [1.54, 1.807) is 12.1 Å². The Hall–Kier alpha value is -1.22. The Bertz CT molecular complexity index is 295. The molecule has 0 aromatic heterocycles. The van der Waals surface area contributed by atoms with Crippen molar-refractivity contribution in [1.29, 1.82) is 0 Å². The van der Waals surface area contributed by atoms with Crippen molar-refractivity contribution in [3.8, 4) is 5.75 Å². The molecule has 76 valence electrons. The quantitative estimate of drug-likeness (QED) is 0.762. The average Bonchev–Trinajstić information content (AvgIpc) is 2.17. The van der Waals surface area contributed by atoms with E-state index in [2.05, 4.69) is 0 Å². The third kappa shape index (κ3) is 3.66. The monoisotopic (exact) mass is 214 g/mol. The number of carboxylic acid groups (broad SMARTS) is 1. The molecule has 0 amide bonds. The molecule has 0 heterocycles. The van der Waals surface area contributed by atoms with Crippen LogP contribution in [-0.2, 0) is 11.2 Å². The molecule has 4 heteroatoms. The lowest BCUT2D eigenvalue weighted by Gasteiger charge is -2.03. The molecule has 0 unspecified atom stereocenters. The number of alkyl halides is 1. The van der Waals surface area contributed by atoms with Gasteiger partial charge >= 0.3 is 5.97 Å². The molecule has 0 saturated carbocycles. The highest BCUT2D eigenvalue weighted by Crippen LogP contribution is 2.12. The molecule has 0 fully saturated rings. The summed E-state index contributed by atoms with van der Waals surface area (Å²) in [5.41, 5.74) is 1.11. The number of carbonyl (C=O) groups is 1. The molecular weight excluding hydrogens is 204 g/mol. The van der Waals surface area contributed by atoms with Crippen LogP contribution in [0, 0.1) is 0 Å². The number of ether oxygens (including phenoxy) is 1. The van der Waals surface area contributed by atoms with Gasteiger partial charge in [-0.05, 0) is 24.1 Å². The maximum atomic E-state index is 10.2. The summed E-state index contributed by atoms with van der Waals surface area (Å²) in [4.78, 5) is 10.2. The predicted octanol–water partition coefficient (Wildman–Crippen LogP) is 1.93. The molecule has 0 spiro atoms. The first-order chi connectivity index (χ1) is 6.72. The molecule has 0 aliphatic carbocycles. The fourth-order valence-corrected chi connectivity index (χ4v) is 1.22. The summed E-state index contributed by atoms with van der Waals surface area (Å²) < 4.78 is 4.97. The molecule has 14 heavy (non-hydrogen) atoms. The maximum absolute atomic E-state index is 10.2. The van der Waals surface area contributed by atoms with E-state index in [-0.39, 0.29) is 6.61 Å². The van der Waals surface area contributed by atoms with Crippen molar-refractivity contribution >= 4 is 17.6 Å². The molecule has 3 nitrogen and oxygen atoms in total. The predicted molar refractivity (Wildman–Crippen MR) is 54.0 cm³/mol. The SMILES string of the molecule is O=C(O)COc1ccc(CCCl)cc1. The number of benzene rings is 1. The van der Waals surface area contributed by atoms with Crippen LogP contribution >= 0.6 is 11.6 Å². The molecule has 1 aromatic carbocycles. The van der Waals surface area contributed by atoms with E-state index in [0.29, 0.717) is 11.6 Å². The summed E-state index contributed by atoms with van der Waals surface area (Å²) >= 11 is 5.57. The number of aliphatic carboxylic acids is 1. The Morgan fingerprint density at radius 2 is 2.00 bits per heavy atom. The Balaban J connectivity index is 2.50. The van der Waals surface area contributed by atoms with Crippen LogP contribution in [0.15, 0.2) is 24.3 Å². The lowest BCUT2D eigenvalue weighted by atomic mass is 10.2. The summed E-state index contributed by atoms with van der Waals surface area (Å²) in [6, 6.07) is 7.23. The van der Waals surface area contributed by atoms with Gasteiger partial charge in [-0.3, -0.25) is 0 Å². The first kappa shape index (κ1) is 10.9. The van der Waals surface area contributed by atoms with Crippen LogP contribution in [0.2, 0.25) is 0 Å². The first-order valence-electron chi connectivity index (χ1n) is 4.22. The smallest absolute Gasteiger partial charge is 0.341 e. The van der Waals surface area contributed by atoms with Gasteiger partial charge in [-0.15, -0.1) is 11.6 Å². The number of hydrogen-bond acceptors (Lipinski definition) is 2. The topological polar surface area (TPSA) is 46.5 Å². The minimum Gasteiger partial charge on any atom is -0.482 e. The van der Waals surface area contributed by atoms with Gasteiger partial charge in [0.05, 0.1) is 0 Å². The van der Waals surface area contributed by atoms with Crippen molar-refractivity contribution in [3.05, 3.63) is 29.8 Å². The Labute approximate surface area is 87.3 Å². The minimum absolute atomic E-state index is 0.311. The second-order valence-corrected chi connectivity index (χ2v) is 3.14. The van der Waals surface area contributed by atoms with E-state index in [9.17, 15) is 4.79 Å². The van der Waals surface area contributed by atoms with Gasteiger partial charge in [0.1, 0.15) is 5.75 Å². The lowest BCUT2D eigenvalue weighted by Crippen LogP contribution is -2.09. The number of aryl methyl sites for hydroxylation is 1. The summed E-state index contributed by atoms with van der Waals surface area (Å²) in [5.74, 6) is 0.163. The van der Waals surface area contributed by atoms with Gasteiger partial charge in [-0.25, -0.2) is 4.79 Å². The van der Waals surface area contributed by atoms with E-state index in [0.717, 1.165) is 12.0 Å². The molecule has 0 aliphatic rings. The van der Waals surface area contributed by atoms with Crippen LogP contribution in [0.4, 0.5) is 0 Å². The van der Waals surface area contributed by atoms with Crippen LogP contribution in [0.5, 0.6) is 5.75 Å². The summed E-state index contributed by atoms with van der Waals surface area (Å²) in [6.45, 7) is -0.311. The zero-order valence-corrected chi connectivity index (χ0v) is 8.33. The second-order valence-electron chi connectivity index (χ2n) is 2.77. The van der Waals surface area contributed by atoms with Gasteiger partial charge in [0.15, 0.2) is 6.61 Å². The van der Waals surface area contributed by atoms with Gasteiger partial charge in [0.2, 0.25) is 0 Å². The number of carboxylic acids is 1. The number of hydrogen-bond donors (Lipinski definition) is 1. The Morgan fingerprint density at radius 1 is 1.36 bits per heavy atom. The van der Waals surface area contributed by atoms with E-state index in [1.165, 1.54) is 0 Å². The molecule has 1 aromatic rings. The Morgan fingerprint density at radius 3 is 2.50 bits per heavy atom. The molecular formula is C10H11ClO3. The summed E-state index contributed by atoms with van der Waals surface area (Å²) in [7, 11) is 0. The molecule has 0 radical (unpaired) electrons. The first-order valence-corrected chi connectivity index (χ1v) is 4.75. The van der Waals surface area contributed by atoms with Gasteiger partial charge < -0.3 is 9.84 Å². The van der Waals surface area contributed by atoms with Gasteiger partial charge in [0.25, 0.3) is 0 Å². The highest BCUT2D eigenvalue weighted by molar-refractivity contribution is 6.17.